The zero-order valence-corrected chi connectivity index (χ0v) is 17.3. The van der Waals surface area contributed by atoms with Crippen molar-refractivity contribution < 1.29 is 13.5 Å². The van der Waals surface area contributed by atoms with Crippen molar-refractivity contribution in [3.8, 4) is 22.8 Å². The van der Waals surface area contributed by atoms with Crippen molar-refractivity contribution in [2.45, 2.75) is 17.8 Å². The Hall–Kier alpha value is -3.19. The molecule has 1 heterocycles. The Morgan fingerprint density at radius 1 is 0.933 bits per heavy atom. The lowest BCUT2D eigenvalue weighted by atomic mass is 10.1. The van der Waals surface area contributed by atoms with E-state index in [4.69, 9.17) is 4.74 Å². The third-order valence-electron chi connectivity index (χ3n) is 4.65. The molecule has 4 aromatic rings. The van der Waals surface area contributed by atoms with Gasteiger partial charge in [0.2, 0.25) is 0 Å². The van der Waals surface area contributed by atoms with E-state index < -0.39 is 11.6 Å². The zero-order chi connectivity index (χ0) is 21.1. The molecule has 0 N–H and O–H groups in total. The highest BCUT2D eigenvalue weighted by atomic mass is 32.2. The summed E-state index contributed by atoms with van der Waals surface area (Å²) in [5, 5.41) is 9.23. The van der Waals surface area contributed by atoms with E-state index in [1.807, 2.05) is 60.0 Å². The Kier molecular flexibility index (Phi) is 5.81. The van der Waals surface area contributed by atoms with E-state index in [0.717, 1.165) is 22.6 Å². The van der Waals surface area contributed by atoms with Crippen molar-refractivity contribution in [1.29, 1.82) is 0 Å². The molecule has 4 rings (SSSR count). The first-order chi connectivity index (χ1) is 14.6. The van der Waals surface area contributed by atoms with Gasteiger partial charge in [-0.3, -0.25) is 4.57 Å². The fourth-order valence-corrected chi connectivity index (χ4v) is 4.07. The highest BCUT2D eigenvalue weighted by Crippen LogP contribution is 2.31. The van der Waals surface area contributed by atoms with Crippen LogP contribution in [0.1, 0.15) is 11.1 Å². The maximum atomic E-state index is 14.1. The highest BCUT2D eigenvalue weighted by Gasteiger charge is 2.18. The van der Waals surface area contributed by atoms with Crippen LogP contribution >= 0.6 is 11.8 Å². The van der Waals surface area contributed by atoms with Crippen LogP contribution < -0.4 is 4.74 Å². The molecule has 0 amide bonds. The summed E-state index contributed by atoms with van der Waals surface area (Å²) in [5.41, 5.74) is 2.85. The van der Waals surface area contributed by atoms with Gasteiger partial charge in [0.15, 0.2) is 11.0 Å². The van der Waals surface area contributed by atoms with Crippen LogP contribution in [0.4, 0.5) is 8.78 Å². The van der Waals surface area contributed by atoms with Crippen LogP contribution in [0.3, 0.4) is 0 Å². The maximum absolute atomic E-state index is 14.1. The van der Waals surface area contributed by atoms with Gasteiger partial charge in [0.25, 0.3) is 0 Å². The number of ether oxygens (including phenoxy) is 1. The van der Waals surface area contributed by atoms with Gasteiger partial charge in [0, 0.05) is 22.6 Å². The molecule has 4 nitrogen and oxygen atoms in total. The fraction of sp³-hybridized carbons (Fsp3) is 0.130. The minimum absolute atomic E-state index is 0.0175. The highest BCUT2D eigenvalue weighted by molar-refractivity contribution is 7.98. The molecule has 0 atom stereocenters. The second-order valence-corrected chi connectivity index (χ2v) is 7.64. The van der Waals surface area contributed by atoms with Gasteiger partial charge in [-0.05, 0) is 49.4 Å². The van der Waals surface area contributed by atoms with Gasteiger partial charge in [-0.15, -0.1) is 10.2 Å². The number of thioether (sulfide) groups is 1. The van der Waals surface area contributed by atoms with Gasteiger partial charge in [-0.25, -0.2) is 8.78 Å². The maximum Gasteiger partial charge on any atom is 0.196 e. The van der Waals surface area contributed by atoms with Gasteiger partial charge >= 0.3 is 0 Å². The molecule has 3 aromatic carbocycles. The molecule has 30 heavy (non-hydrogen) atoms. The van der Waals surface area contributed by atoms with E-state index in [9.17, 15) is 8.78 Å². The molecule has 0 radical (unpaired) electrons. The van der Waals surface area contributed by atoms with Crippen molar-refractivity contribution in [3.05, 3.63) is 89.5 Å². The SMILES string of the molecule is COc1ccc(-n2c(SCc3c(F)cccc3F)nnc2-c2cccc(C)c2)cc1. The topological polar surface area (TPSA) is 39.9 Å². The molecule has 0 unspecified atom stereocenters. The van der Waals surface area contributed by atoms with E-state index in [1.165, 1.54) is 30.0 Å². The molecule has 0 aliphatic heterocycles. The predicted octanol–water partition coefficient (Wildman–Crippen LogP) is 5.82. The average molecular weight is 423 g/mol. The first-order valence-electron chi connectivity index (χ1n) is 9.29. The number of nitrogens with zero attached hydrogens (tertiary/aromatic N) is 3. The molecular formula is C23H19F2N3OS. The first-order valence-corrected chi connectivity index (χ1v) is 10.3. The third kappa shape index (κ3) is 4.07. The Bertz CT molecular complexity index is 1160. The van der Waals surface area contributed by atoms with Gasteiger partial charge in [0.1, 0.15) is 17.4 Å². The third-order valence-corrected chi connectivity index (χ3v) is 5.60. The van der Waals surface area contributed by atoms with Crippen molar-refractivity contribution in [2.24, 2.45) is 0 Å². The molecule has 7 heteroatoms. The fourth-order valence-electron chi connectivity index (χ4n) is 3.11. The number of hydrogen-bond acceptors (Lipinski definition) is 4. The van der Waals surface area contributed by atoms with Crippen LogP contribution in [0.5, 0.6) is 5.75 Å². The van der Waals surface area contributed by atoms with Crippen molar-refractivity contribution in [3.63, 3.8) is 0 Å². The second kappa shape index (κ2) is 8.67. The Morgan fingerprint density at radius 2 is 1.63 bits per heavy atom. The predicted molar refractivity (Wildman–Crippen MR) is 114 cm³/mol. The van der Waals surface area contributed by atoms with E-state index in [-0.39, 0.29) is 11.3 Å². The summed E-state index contributed by atoms with van der Waals surface area (Å²) in [6.45, 7) is 2.01. The molecule has 0 aliphatic rings. The van der Waals surface area contributed by atoms with Crippen molar-refractivity contribution in [2.75, 3.05) is 7.11 Å². The lowest BCUT2D eigenvalue weighted by Gasteiger charge is -2.12. The number of methoxy groups -OCH3 is 1. The smallest absolute Gasteiger partial charge is 0.196 e. The molecule has 0 saturated carbocycles. The summed E-state index contributed by atoms with van der Waals surface area (Å²) in [7, 11) is 1.61. The van der Waals surface area contributed by atoms with E-state index in [1.54, 1.807) is 7.11 Å². The van der Waals surface area contributed by atoms with Crippen LogP contribution in [0.25, 0.3) is 17.1 Å². The number of aryl methyl sites for hydroxylation is 1. The summed E-state index contributed by atoms with van der Waals surface area (Å²) in [5.74, 6) is 0.335. The summed E-state index contributed by atoms with van der Waals surface area (Å²) < 4.78 is 35.3. The van der Waals surface area contributed by atoms with E-state index in [2.05, 4.69) is 10.2 Å². The number of benzene rings is 3. The van der Waals surface area contributed by atoms with Gasteiger partial charge in [-0.2, -0.15) is 0 Å². The molecule has 152 valence electrons. The Balaban J connectivity index is 1.76. The number of hydrogen-bond donors (Lipinski definition) is 0. The van der Waals surface area contributed by atoms with Crippen molar-refractivity contribution >= 4 is 11.8 Å². The number of rotatable bonds is 6. The molecule has 1 aromatic heterocycles. The summed E-state index contributed by atoms with van der Waals surface area (Å²) >= 11 is 1.23. The van der Waals surface area contributed by atoms with E-state index >= 15 is 0 Å². The van der Waals surface area contributed by atoms with Gasteiger partial charge in [0.05, 0.1) is 7.11 Å². The van der Waals surface area contributed by atoms with Gasteiger partial charge < -0.3 is 4.74 Å². The molecule has 0 bridgehead atoms. The molecule has 0 spiro atoms. The monoisotopic (exact) mass is 423 g/mol. The lowest BCUT2D eigenvalue weighted by Crippen LogP contribution is -2.01. The van der Waals surface area contributed by atoms with Crippen LogP contribution in [-0.4, -0.2) is 21.9 Å². The lowest BCUT2D eigenvalue weighted by molar-refractivity contribution is 0.414. The molecular weight excluding hydrogens is 404 g/mol. The van der Waals surface area contributed by atoms with Crippen LogP contribution in [0.2, 0.25) is 0 Å². The van der Waals surface area contributed by atoms with Crippen LogP contribution in [-0.2, 0) is 5.75 Å². The summed E-state index contributed by atoms with van der Waals surface area (Å²) in [4.78, 5) is 0. The Morgan fingerprint density at radius 3 is 2.30 bits per heavy atom. The second-order valence-electron chi connectivity index (χ2n) is 6.70. The van der Waals surface area contributed by atoms with Crippen molar-refractivity contribution in [1.82, 2.24) is 14.8 Å². The normalized spacial score (nSPS) is 10.9. The minimum Gasteiger partial charge on any atom is -0.497 e. The zero-order valence-electron chi connectivity index (χ0n) is 16.5. The quantitative estimate of drug-likeness (QED) is 0.366. The summed E-state index contributed by atoms with van der Waals surface area (Å²) in [6, 6.07) is 19.3. The van der Waals surface area contributed by atoms with E-state index in [0.29, 0.717) is 11.0 Å². The number of halogens is 2. The molecule has 0 aliphatic carbocycles. The Labute approximate surface area is 177 Å². The average Bonchev–Trinajstić information content (AvgIpc) is 3.17. The van der Waals surface area contributed by atoms with Crippen LogP contribution in [0.15, 0.2) is 71.9 Å². The molecule has 0 saturated heterocycles. The van der Waals surface area contributed by atoms with Crippen LogP contribution in [0, 0.1) is 18.6 Å². The largest absolute Gasteiger partial charge is 0.497 e. The molecule has 0 fully saturated rings. The summed E-state index contributed by atoms with van der Waals surface area (Å²) in [6.07, 6.45) is 0. The van der Waals surface area contributed by atoms with Gasteiger partial charge in [-0.1, -0.05) is 41.6 Å². The first kappa shape index (κ1) is 20.1. The minimum atomic E-state index is -0.572. The standard InChI is InChI=1S/C23H19F2N3OS/c1-15-5-3-6-16(13-15)22-26-27-23(28(22)17-9-11-18(29-2)12-10-17)30-14-19-20(24)7-4-8-21(19)25/h3-13H,14H2,1-2H3. The number of aromatic nitrogens is 3.